The number of aromatic carboxylic acids is 1. The number of anilines is 1. The van der Waals surface area contributed by atoms with E-state index in [4.69, 9.17) is 4.74 Å². The molecule has 0 bridgehead atoms. The van der Waals surface area contributed by atoms with Gasteiger partial charge in [0, 0.05) is 18.8 Å². The van der Waals surface area contributed by atoms with Crippen molar-refractivity contribution in [3.63, 3.8) is 0 Å². The quantitative estimate of drug-likeness (QED) is 0.904. The first-order valence-electron chi connectivity index (χ1n) is 6.29. The maximum absolute atomic E-state index is 12.3. The number of carboxylic acids is 1. The molecule has 0 saturated carbocycles. The minimum Gasteiger partial charge on any atom is -0.497 e. The van der Waals surface area contributed by atoms with Gasteiger partial charge in [-0.05, 0) is 31.2 Å². The zero-order chi connectivity index (χ0) is 15.6. The number of benzene rings is 1. The number of methoxy groups -OCH3 is 1. The molecule has 0 saturated heterocycles. The topological polar surface area (TPSA) is 80.6 Å². The molecule has 0 spiro atoms. The molecule has 0 aliphatic heterocycles. The van der Waals surface area contributed by atoms with Crippen LogP contribution in [0.15, 0.2) is 30.3 Å². The lowest BCUT2D eigenvalue weighted by molar-refractivity contribution is 0.0698. The largest absolute Gasteiger partial charge is 0.497 e. The molecule has 1 aromatic carbocycles. The van der Waals surface area contributed by atoms with Gasteiger partial charge < -0.3 is 19.7 Å². The molecule has 2 N–H and O–H groups in total. The molecular formula is C15H16N2O4. The first-order chi connectivity index (χ1) is 9.93. The van der Waals surface area contributed by atoms with Gasteiger partial charge in [-0.3, -0.25) is 4.79 Å². The molecule has 110 valence electrons. The first-order valence-corrected chi connectivity index (χ1v) is 6.29. The van der Waals surface area contributed by atoms with Gasteiger partial charge in [-0.25, -0.2) is 4.79 Å². The number of nitrogens with one attached hydrogen (secondary N) is 1. The number of aryl methyl sites for hydroxylation is 1. The Balaban J connectivity index is 2.36. The average molecular weight is 288 g/mol. The average Bonchev–Trinajstić information content (AvgIpc) is 2.78. The fraction of sp³-hybridized carbons (Fsp3) is 0.200. The summed E-state index contributed by atoms with van der Waals surface area (Å²) in [6.07, 6.45) is 0. The molecule has 0 aliphatic rings. The summed E-state index contributed by atoms with van der Waals surface area (Å²) in [4.78, 5) is 23.5. The predicted octanol–water partition coefficient (Wildman–Crippen LogP) is 2.29. The summed E-state index contributed by atoms with van der Waals surface area (Å²) in [5.41, 5.74) is 1.59. The van der Waals surface area contributed by atoms with Crippen LogP contribution in [-0.4, -0.2) is 28.7 Å². The van der Waals surface area contributed by atoms with Gasteiger partial charge in [-0.15, -0.1) is 0 Å². The van der Waals surface area contributed by atoms with Crippen LogP contribution in [0.4, 0.5) is 5.69 Å². The van der Waals surface area contributed by atoms with Gasteiger partial charge in [0.15, 0.2) is 0 Å². The Morgan fingerprint density at radius 1 is 1.24 bits per heavy atom. The fourth-order valence-corrected chi connectivity index (χ4v) is 1.97. The summed E-state index contributed by atoms with van der Waals surface area (Å²) < 4.78 is 6.79. The van der Waals surface area contributed by atoms with Crippen LogP contribution in [0.3, 0.4) is 0 Å². The molecule has 21 heavy (non-hydrogen) atoms. The van der Waals surface area contributed by atoms with Crippen molar-refractivity contribution < 1.29 is 19.4 Å². The van der Waals surface area contributed by atoms with Crippen molar-refractivity contribution in [1.29, 1.82) is 0 Å². The Morgan fingerprint density at radius 2 is 1.95 bits per heavy atom. The number of carbonyl (C=O) groups excluding carboxylic acids is 1. The second-order valence-electron chi connectivity index (χ2n) is 4.59. The van der Waals surface area contributed by atoms with Crippen molar-refractivity contribution >= 4 is 17.6 Å². The molecule has 1 heterocycles. The van der Waals surface area contributed by atoms with Crippen molar-refractivity contribution in [2.45, 2.75) is 6.92 Å². The van der Waals surface area contributed by atoms with Gasteiger partial charge in [0.1, 0.15) is 11.4 Å². The molecule has 2 rings (SSSR count). The highest BCUT2D eigenvalue weighted by molar-refractivity contribution is 6.07. The predicted molar refractivity (Wildman–Crippen MR) is 78.1 cm³/mol. The smallest absolute Gasteiger partial charge is 0.337 e. The molecule has 0 unspecified atom stereocenters. The normalized spacial score (nSPS) is 10.2. The van der Waals surface area contributed by atoms with E-state index in [0.717, 1.165) is 5.69 Å². The molecule has 0 fully saturated rings. The van der Waals surface area contributed by atoms with Crippen LogP contribution in [0.25, 0.3) is 0 Å². The van der Waals surface area contributed by atoms with Gasteiger partial charge in [-0.2, -0.15) is 0 Å². The molecule has 2 aromatic rings. The van der Waals surface area contributed by atoms with Crippen LogP contribution < -0.4 is 10.1 Å². The Kier molecular flexibility index (Phi) is 3.98. The summed E-state index contributed by atoms with van der Waals surface area (Å²) in [5, 5.41) is 11.8. The molecule has 6 heteroatoms. The summed E-state index contributed by atoms with van der Waals surface area (Å²) in [6.45, 7) is 1.88. The summed E-state index contributed by atoms with van der Waals surface area (Å²) in [5.74, 6) is -1.02. The van der Waals surface area contributed by atoms with Crippen LogP contribution in [0.5, 0.6) is 5.75 Å². The molecule has 0 radical (unpaired) electrons. The van der Waals surface area contributed by atoms with Crippen LogP contribution in [0.2, 0.25) is 0 Å². The number of ether oxygens (including phenoxy) is 1. The third kappa shape index (κ3) is 2.89. The van der Waals surface area contributed by atoms with Crippen LogP contribution in [0.1, 0.15) is 26.5 Å². The van der Waals surface area contributed by atoms with Crippen LogP contribution in [-0.2, 0) is 7.05 Å². The molecule has 1 aromatic heterocycles. The maximum atomic E-state index is 12.3. The lowest BCUT2D eigenvalue weighted by Crippen LogP contribution is -2.18. The summed E-state index contributed by atoms with van der Waals surface area (Å²) >= 11 is 0. The second-order valence-corrected chi connectivity index (χ2v) is 4.59. The van der Waals surface area contributed by atoms with Crippen LogP contribution in [0, 0.1) is 6.92 Å². The zero-order valence-corrected chi connectivity index (χ0v) is 12.0. The van der Waals surface area contributed by atoms with Crippen LogP contribution >= 0.6 is 0 Å². The van der Waals surface area contributed by atoms with E-state index in [1.54, 1.807) is 17.7 Å². The molecule has 1 amide bonds. The summed E-state index contributed by atoms with van der Waals surface area (Å²) in [6, 6.07) is 7.92. The van der Waals surface area contributed by atoms with Gasteiger partial charge in [-0.1, -0.05) is 0 Å². The minimum atomic E-state index is -1.11. The highest BCUT2D eigenvalue weighted by atomic mass is 16.5. The molecule has 0 aliphatic carbocycles. The number of nitrogens with zero attached hydrogens (tertiary/aromatic N) is 1. The third-order valence-electron chi connectivity index (χ3n) is 3.31. The Morgan fingerprint density at radius 3 is 2.48 bits per heavy atom. The second kappa shape index (κ2) is 5.70. The number of hydrogen-bond donors (Lipinski definition) is 2. The standard InChI is InChI=1S/C15H16N2O4/c1-9-4-7-13(17(9)2)14(18)16-12-8-10(21-3)5-6-11(12)15(19)20/h4-8H,1-3H3,(H,16,18)(H,19,20). The number of carboxylic acid groups (broad SMARTS) is 1. The van der Waals surface area contributed by atoms with Gasteiger partial charge in [0.05, 0.1) is 18.4 Å². The lowest BCUT2D eigenvalue weighted by Gasteiger charge is -2.11. The van der Waals surface area contributed by atoms with Gasteiger partial charge >= 0.3 is 5.97 Å². The number of amides is 1. The zero-order valence-electron chi connectivity index (χ0n) is 12.0. The maximum Gasteiger partial charge on any atom is 0.337 e. The van der Waals surface area contributed by atoms with Crippen molar-refractivity contribution in [2.75, 3.05) is 12.4 Å². The monoisotopic (exact) mass is 288 g/mol. The Bertz CT molecular complexity index is 704. The van der Waals surface area contributed by atoms with Gasteiger partial charge in [0.25, 0.3) is 5.91 Å². The van der Waals surface area contributed by atoms with Crippen molar-refractivity contribution in [3.05, 3.63) is 47.3 Å². The summed E-state index contributed by atoms with van der Waals surface area (Å²) in [7, 11) is 3.25. The van der Waals surface area contributed by atoms with Crippen molar-refractivity contribution in [3.8, 4) is 5.75 Å². The van der Waals surface area contributed by atoms with E-state index in [-0.39, 0.29) is 17.2 Å². The van der Waals surface area contributed by atoms with E-state index in [1.165, 1.54) is 25.3 Å². The highest BCUT2D eigenvalue weighted by Crippen LogP contribution is 2.23. The number of hydrogen-bond acceptors (Lipinski definition) is 3. The Labute approximate surface area is 122 Å². The number of carbonyl (C=O) groups is 2. The number of aromatic nitrogens is 1. The Hall–Kier alpha value is -2.76. The van der Waals surface area contributed by atoms with E-state index in [9.17, 15) is 14.7 Å². The first kappa shape index (κ1) is 14.6. The SMILES string of the molecule is COc1ccc(C(=O)O)c(NC(=O)c2ccc(C)n2C)c1. The van der Waals surface area contributed by atoms with Crippen molar-refractivity contribution in [2.24, 2.45) is 7.05 Å². The molecule has 6 nitrogen and oxygen atoms in total. The lowest BCUT2D eigenvalue weighted by atomic mass is 10.1. The number of rotatable bonds is 4. The molecule has 0 atom stereocenters. The van der Waals surface area contributed by atoms with E-state index >= 15 is 0 Å². The van der Waals surface area contributed by atoms with E-state index < -0.39 is 5.97 Å². The van der Waals surface area contributed by atoms with E-state index in [1.807, 2.05) is 13.0 Å². The van der Waals surface area contributed by atoms with E-state index in [0.29, 0.717) is 11.4 Å². The van der Waals surface area contributed by atoms with E-state index in [2.05, 4.69) is 5.32 Å². The fourth-order valence-electron chi connectivity index (χ4n) is 1.97. The van der Waals surface area contributed by atoms with Gasteiger partial charge in [0.2, 0.25) is 0 Å². The van der Waals surface area contributed by atoms with Crippen molar-refractivity contribution in [1.82, 2.24) is 4.57 Å². The third-order valence-corrected chi connectivity index (χ3v) is 3.31. The minimum absolute atomic E-state index is 0.00933. The highest BCUT2D eigenvalue weighted by Gasteiger charge is 2.16. The molecular weight excluding hydrogens is 272 g/mol.